The van der Waals surface area contributed by atoms with Crippen LogP contribution in [0, 0.1) is 13.8 Å². The molecule has 0 amide bonds. The van der Waals surface area contributed by atoms with Crippen molar-refractivity contribution in [1.82, 2.24) is 4.98 Å². The number of hydrogen-bond acceptors (Lipinski definition) is 3. The van der Waals surface area contributed by atoms with E-state index >= 15 is 0 Å². The highest BCUT2D eigenvalue weighted by Gasteiger charge is 2.01. The van der Waals surface area contributed by atoms with Crippen LogP contribution in [-0.4, -0.2) is 12.1 Å². The van der Waals surface area contributed by atoms with Crippen LogP contribution in [0.25, 0.3) is 0 Å². The number of methoxy groups -OCH3 is 1. The van der Waals surface area contributed by atoms with Crippen LogP contribution in [0.2, 0.25) is 0 Å². The van der Waals surface area contributed by atoms with Gasteiger partial charge >= 0.3 is 0 Å². The summed E-state index contributed by atoms with van der Waals surface area (Å²) < 4.78 is 5.24. The second kappa shape index (κ2) is 5.54. The number of rotatable bonds is 4. The Labute approximate surface area is 108 Å². The molecule has 2 aromatic rings. The van der Waals surface area contributed by atoms with E-state index < -0.39 is 0 Å². The zero-order chi connectivity index (χ0) is 13.0. The SMILES string of the molecule is COc1cc(C)nc(CNc2ccccc2C)c1. The van der Waals surface area contributed by atoms with E-state index in [4.69, 9.17) is 4.74 Å². The number of aromatic nitrogens is 1. The normalized spacial score (nSPS) is 10.2. The molecular weight excluding hydrogens is 224 g/mol. The highest BCUT2D eigenvalue weighted by atomic mass is 16.5. The minimum atomic E-state index is 0.697. The molecule has 1 aromatic carbocycles. The van der Waals surface area contributed by atoms with Crippen LogP contribution in [0.3, 0.4) is 0 Å². The van der Waals surface area contributed by atoms with Gasteiger partial charge in [0.15, 0.2) is 0 Å². The largest absolute Gasteiger partial charge is 0.497 e. The first-order valence-electron chi connectivity index (χ1n) is 6.00. The summed E-state index contributed by atoms with van der Waals surface area (Å²) in [4.78, 5) is 4.48. The van der Waals surface area contributed by atoms with Gasteiger partial charge in [0.1, 0.15) is 5.75 Å². The summed E-state index contributed by atoms with van der Waals surface area (Å²) in [6, 6.07) is 12.1. The first kappa shape index (κ1) is 12.4. The van der Waals surface area contributed by atoms with Crippen LogP contribution < -0.4 is 10.1 Å². The van der Waals surface area contributed by atoms with E-state index in [1.807, 2.05) is 31.2 Å². The molecule has 3 heteroatoms. The Balaban J connectivity index is 2.11. The maximum atomic E-state index is 5.24. The Bertz CT molecular complexity index is 538. The summed E-state index contributed by atoms with van der Waals surface area (Å²) in [5, 5.41) is 3.39. The number of nitrogens with zero attached hydrogens (tertiary/aromatic N) is 1. The molecule has 0 bridgehead atoms. The summed E-state index contributed by atoms with van der Waals surface area (Å²) in [5.41, 5.74) is 4.32. The predicted molar refractivity (Wildman–Crippen MR) is 74.0 cm³/mol. The number of benzene rings is 1. The summed E-state index contributed by atoms with van der Waals surface area (Å²) in [6.07, 6.45) is 0. The highest BCUT2D eigenvalue weighted by molar-refractivity contribution is 5.50. The number of para-hydroxylation sites is 1. The summed E-state index contributed by atoms with van der Waals surface area (Å²) in [7, 11) is 1.67. The number of anilines is 1. The van der Waals surface area contributed by atoms with Crippen molar-refractivity contribution in [2.45, 2.75) is 20.4 Å². The average Bonchev–Trinajstić information content (AvgIpc) is 2.37. The Morgan fingerprint density at radius 2 is 1.94 bits per heavy atom. The lowest BCUT2D eigenvalue weighted by molar-refractivity contribution is 0.413. The van der Waals surface area contributed by atoms with E-state index in [2.05, 4.69) is 29.4 Å². The van der Waals surface area contributed by atoms with Gasteiger partial charge in [0.05, 0.1) is 19.3 Å². The molecule has 18 heavy (non-hydrogen) atoms. The van der Waals surface area contributed by atoms with Gasteiger partial charge in [-0.25, -0.2) is 0 Å². The lowest BCUT2D eigenvalue weighted by Gasteiger charge is -2.10. The Kier molecular flexibility index (Phi) is 3.82. The summed E-state index contributed by atoms with van der Waals surface area (Å²) in [5.74, 6) is 0.851. The molecule has 1 aromatic heterocycles. The van der Waals surface area contributed by atoms with Gasteiger partial charge < -0.3 is 10.1 Å². The van der Waals surface area contributed by atoms with E-state index in [9.17, 15) is 0 Å². The molecule has 2 rings (SSSR count). The van der Waals surface area contributed by atoms with Gasteiger partial charge in [-0.2, -0.15) is 0 Å². The minimum Gasteiger partial charge on any atom is -0.497 e. The van der Waals surface area contributed by atoms with Crippen LogP contribution in [-0.2, 0) is 6.54 Å². The molecule has 3 nitrogen and oxygen atoms in total. The molecule has 0 spiro atoms. The lowest BCUT2D eigenvalue weighted by atomic mass is 10.2. The second-order valence-corrected chi connectivity index (χ2v) is 4.31. The van der Waals surface area contributed by atoms with Crippen LogP contribution in [0.15, 0.2) is 36.4 Å². The number of hydrogen-bond donors (Lipinski definition) is 1. The number of aryl methyl sites for hydroxylation is 2. The van der Waals surface area contributed by atoms with Crippen molar-refractivity contribution in [2.75, 3.05) is 12.4 Å². The van der Waals surface area contributed by atoms with E-state index in [0.29, 0.717) is 6.54 Å². The van der Waals surface area contributed by atoms with Gasteiger partial charge in [-0.15, -0.1) is 0 Å². The zero-order valence-corrected chi connectivity index (χ0v) is 11.0. The highest BCUT2D eigenvalue weighted by Crippen LogP contribution is 2.17. The molecule has 0 aliphatic heterocycles. The fourth-order valence-electron chi connectivity index (χ4n) is 1.87. The van der Waals surface area contributed by atoms with Gasteiger partial charge in [-0.05, 0) is 25.5 Å². The Hall–Kier alpha value is -2.03. The number of nitrogens with one attached hydrogen (secondary N) is 1. The van der Waals surface area contributed by atoms with Crippen LogP contribution >= 0.6 is 0 Å². The van der Waals surface area contributed by atoms with Gasteiger partial charge in [0.2, 0.25) is 0 Å². The van der Waals surface area contributed by atoms with Crippen molar-refractivity contribution < 1.29 is 4.74 Å². The molecule has 0 aliphatic carbocycles. The summed E-state index contributed by atoms with van der Waals surface area (Å²) in [6.45, 7) is 4.76. The summed E-state index contributed by atoms with van der Waals surface area (Å²) >= 11 is 0. The minimum absolute atomic E-state index is 0.697. The second-order valence-electron chi connectivity index (χ2n) is 4.31. The fourth-order valence-corrected chi connectivity index (χ4v) is 1.87. The first-order chi connectivity index (χ1) is 8.69. The molecule has 1 heterocycles. The molecule has 0 saturated heterocycles. The Morgan fingerprint density at radius 1 is 1.17 bits per heavy atom. The van der Waals surface area contributed by atoms with Gasteiger partial charge in [-0.3, -0.25) is 4.98 Å². The van der Waals surface area contributed by atoms with Gasteiger partial charge in [-0.1, -0.05) is 18.2 Å². The van der Waals surface area contributed by atoms with Gasteiger partial charge in [0.25, 0.3) is 0 Å². The van der Waals surface area contributed by atoms with Crippen molar-refractivity contribution in [3.63, 3.8) is 0 Å². The maximum absolute atomic E-state index is 5.24. The fraction of sp³-hybridized carbons (Fsp3) is 0.267. The molecule has 94 valence electrons. The molecule has 0 atom stereocenters. The quantitative estimate of drug-likeness (QED) is 0.893. The zero-order valence-electron chi connectivity index (χ0n) is 11.0. The van der Waals surface area contributed by atoms with E-state index in [1.165, 1.54) is 5.56 Å². The van der Waals surface area contributed by atoms with E-state index in [-0.39, 0.29) is 0 Å². The molecular formula is C15H18N2O. The molecule has 0 saturated carbocycles. The van der Waals surface area contributed by atoms with Crippen molar-refractivity contribution in [3.05, 3.63) is 53.3 Å². The third kappa shape index (κ3) is 3.00. The Morgan fingerprint density at radius 3 is 2.67 bits per heavy atom. The maximum Gasteiger partial charge on any atom is 0.122 e. The molecule has 0 fully saturated rings. The van der Waals surface area contributed by atoms with Crippen molar-refractivity contribution in [1.29, 1.82) is 0 Å². The topological polar surface area (TPSA) is 34.1 Å². The van der Waals surface area contributed by atoms with Crippen LogP contribution in [0.4, 0.5) is 5.69 Å². The molecule has 0 radical (unpaired) electrons. The van der Waals surface area contributed by atoms with Crippen molar-refractivity contribution in [2.24, 2.45) is 0 Å². The third-order valence-electron chi connectivity index (χ3n) is 2.82. The van der Waals surface area contributed by atoms with E-state index in [1.54, 1.807) is 7.11 Å². The standard InChI is InChI=1S/C15H18N2O/c1-11-6-4-5-7-15(11)16-10-13-9-14(18-3)8-12(2)17-13/h4-9,16H,10H2,1-3H3. The third-order valence-corrected chi connectivity index (χ3v) is 2.82. The molecule has 1 N–H and O–H groups in total. The van der Waals surface area contributed by atoms with Crippen LogP contribution in [0.5, 0.6) is 5.75 Å². The van der Waals surface area contributed by atoms with E-state index in [0.717, 1.165) is 22.8 Å². The van der Waals surface area contributed by atoms with Gasteiger partial charge in [0, 0.05) is 23.5 Å². The lowest BCUT2D eigenvalue weighted by Crippen LogP contribution is -2.04. The van der Waals surface area contributed by atoms with Crippen molar-refractivity contribution in [3.8, 4) is 5.75 Å². The first-order valence-corrected chi connectivity index (χ1v) is 6.00. The van der Waals surface area contributed by atoms with Crippen molar-refractivity contribution >= 4 is 5.69 Å². The monoisotopic (exact) mass is 242 g/mol. The van der Waals surface area contributed by atoms with Crippen LogP contribution in [0.1, 0.15) is 17.0 Å². The molecule has 0 unspecified atom stereocenters. The molecule has 0 aliphatic rings. The smallest absolute Gasteiger partial charge is 0.122 e. The average molecular weight is 242 g/mol. The predicted octanol–water partition coefficient (Wildman–Crippen LogP) is 3.32. The number of pyridine rings is 1. The number of ether oxygens (including phenoxy) is 1.